The lowest BCUT2D eigenvalue weighted by atomic mass is 10.1. The first kappa shape index (κ1) is 22.0. The number of esters is 1. The summed E-state index contributed by atoms with van der Waals surface area (Å²) in [7, 11) is 1.37. The predicted octanol–water partition coefficient (Wildman–Crippen LogP) is 3.97. The van der Waals surface area contributed by atoms with E-state index in [0.29, 0.717) is 23.4 Å². The molecular weight excluding hydrogens is 422 g/mol. The molecule has 4 rings (SSSR count). The average molecular weight is 445 g/mol. The molecule has 1 aromatic heterocycles. The molecule has 1 atom stereocenters. The SMILES string of the molecule is COC(=O)C(C)n1cc(CC=C2C(=O)N(c3ccc(C(=O)O)cc3)N=C2C)c2ccccc21. The number of carboxylic acid groups (broad SMARTS) is 1. The summed E-state index contributed by atoms with van der Waals surface area (Å²) in [4.78, 5) is 36.2. The molecule has 0 aliphatic carbocycles. The quantitative estimate of drug-likeness (QED) is 0.457. The molecule has 8 heteroatoms. The van der Waals surface area contributed by atoms with E-state index >= 15 is 0 Å². The second kappa shape index (κ2) is 8.74. The van der Waals surface area contributed by atoms with Gasteiger partial charge in [-0.1, -0.05) is 24.3 Å². The maximum Gasteiger partial charge on any atom is 0.335 e. The van der Waals surface area contributed by atoms with E-state index in [9.17, 15) is 14.4 Å². The molecule has 0 spiro atoms. The van der Waals surface area contributed by atoms with Gasteiger partial charge in [-0.2, -0.15) is 10.1 Å². The Labute approximate surface area is 190 Å². The van der Waals surface area contributed by atoms with Crippen molar-refractivity contribution in [1.29, 1.82) is 0 Å². The fraction of sp³-hybridized carbons (Fsp3) is 0.200. The van der Waals surface area contributed by atoms with Gasteiger partial charge in [-0.3, -0.25) is 4.79 Å². The van der Waals surface area contributed by atoms with Crippen LogP contribution in [0.2, 0.25) is 0 Å². The lowest BCUT2D eigenvalue weighted by Gasteiger charge is -2.12. The first-order valence-electron chi connectivity index (χ1n) is 10.4. The molecule has 2 aromatic carbocycles. The van der Waals surface area contributed by atoms with E-state index in [4.69, 9.17) is 9.84 Å². The van der Waals surface area contributed by atoms with E-state index in [1.165, 1.54) is 24.3 Å². The van der Waals surface area contributed by atoms with Crippen molar-refractivity contribution in [2.75, 3.05) is 12.1 Å². The Morgan fingerprint density at radius 2 is 1.85 bits per heavy atom. The number of aromatic carboxylic acids is 1. The molecule has 1 N–H and O–H groups in total. The number of ether oxygens (including phenoxy) is 1. The van der Waals surface area contributed by atoms with Crippen molar-refractivity contribution in [2.45, 2.75) is 26.3 Å². The number of rotatable bonds is 6. The predicted molar refractivity (Wildman–Crippen MR) is 124 cm³/mol. The highest BCUT2D eigenvalue weighted by Crippen LogP contribution is 2.28. The average Bonchev–Trinajstić information content (AvgIpc) is 3.33. The molecule has 168 valence electrons. The molecule has 2 heterocycles. The van der Waals surface area contributed by atoms with Crippen LogP contribution in [0.3, 0.4) is 0 Å². The lowest BCUT2D eigenvalue weighted by Crippen LogP contribution is -2.21. The highest BCUT2D eigenvalue weighted by molar-refractivity contribution is 6.29. The smallest absolute Gasteiger partial charge is 0.335 e. The van der Waals surface area contributed by atoms with Crippen LogP contribution in [0, 0.1) is 0 Å². The Morgan fingerprint density at radius 1 is 1.15 bits per heavy atom. The van der Waals surface area contributed by atoms with Gasteiger partial charge in [0.1, 0.15) is 6.04 Å². The monoisotopic (exact) mass is 445 g/mol. The Balaban J connectivity index is 1.62. The van der Waals surface area contributed by atoms with Gasteiger partial charge in [0.05, 0.1) is 29.6 Å². The normalized spacial score (nSPS) is 15.7. The van der Waals surface area contributed by atoms with Crippen molar-refractivity contribution in [2.24, 2.45) is 5.10 Å². The number of hydrogen-bond donors (Lipinski definition) is 1. The zero-order valence-corrected chi connectivity index (χ0v) is 18.5. The van der Waals surface area contributed by atoms with E-state index in [0.717, 1.165) is 16.5 Å². The van der Waals surface area contributed by atoms with Gasteiger partial charge in [0.25, 0.3) is 5.91 Å². The fourth-order valence-corrected chi connectivity index (χ4v) is 3.93. The minimum Gasteiger partial charge on any atom is -0.478 e. The Hall–Kier alpha value is -4.20. The van der Waals surface area contributed by atoms with Crippen molar-refractivity contribution in [3.63, 3.8) is 0 Å². The summed E-state index contributed by atoms with van der Waals surface area (Å²) in [6, 6.07) is 13.3. The Morgan fingerprint density at radius 3 is 2.52 bits per heavy atom. The zero-order valence-electron chi connectivity index (χ0n) is 18.5. The largest absolute Gasteiger partial charge is 0.478 e. The number of allylic oxidation sites excluding steroid dienone is 1. The van der Waals surface area contributed by atoms with Crippen LogP contribution in [-0.2, 0) is 20.7 Å². The van der Waals surface area contributed by atoms with Crippen LogP contribution in [0.15, 0.2) is 71.5 Å². The van der Waals surface area contributed by atoms with Gasteiger partial charge >= 0.3 is 11.9 Å². The topological polar surface area (TPSA) is 101 Å². The Kier molecular flexibility index (Phi) is 5.83. The third-order valence-electron chi connectivity index (χ3n) is 5.73. The number of methoxy groups -OCH3 is 1. The molecule has 0 radical (unpaired) electrons. The van der Waals surface area contributed by atoms with Crippen LogP contribution in [0.1, 0.15) is 35.8 Å². The van der Waals surface area contributed by atoms with Crippen LogP contribution in [0.5, 0.6) is 0 Å². The van der Waals surface area contributed by atoms with E-state index < -0.39 is 12.0 Å². The maximum atomic E-state index is 13.0. The minimum absolute atomic E-state index is 0.138. The van der Waals surface area contributed by atoms with Crippen molar-refractivity contribution in [3.05, 3.63) is 77.5 Å². The number of carbonyl (C=O) groups excluding carboxylic acids is 2. The van der Waals surface area contributed by atoms with Gasteiger partial charge in [-0.05, 0) is 56.2 Å². The van der Waals surface area contributed by atoms with Crippen LogP contribution in [-0.4, -0.2) is 40.3 Å². The van der Waals surface area contributed by atoms with Gasteiger partial charge in [-0.25, -0.2) is 9.59 Å². The summed E-state index contributed by atoms with van der Waals surface area (Å²) in [6.45, 7) is 3.54. The maximum absolute atomic E-state index is 13.0. The molecule has 1 amide bonds. The number of para-hydroxylation sites is 1. The van der Waals surface area contributed by atoms with Crippen molar-refractivity contribution in [1.82, 2.24) is 4.57 Å². The van der Waals surface area contributed by atoms with Crippen molar-refractivity contribution < 1.29 is 24.2 Å². The summed E-state index contributed by atoms with van der Waals surface area (Å²) in [5, 5.41) is 15.7. The number of anilines is 1. The molecule has 3 aromatic rings. The van der Waals surface area contributed by atoms with Gasteiger partial charge in [0.15, 0.2) is 0 Å². The van der Waals surface area contributed by atoms with Crippen LogP contribution < -0.4 is 5.01 Å². The molecule has 0 bridgehead atoms. The molecular formula is C25H23N3O5. The molecule has 0 saturated carbocycles. The number of fused-ring (bicyclic) bond motifs is 1. The standard InChI is InChI=1S/C25H23N3O5/c1-15-20(23(29)28(26-15)19-11-8-17(9-12-19)24(30)31)13-10-18-14-27(16(2)25(32)33-3)22-7-5-4-6-21(18)22/h4-9,11-14,16H,10H2,1-3H3,(H,30,31). The molecule has 0 saturated heterocycles. The zero-order chi connectivity index (χ0) is 23.7. The second-order valence-corrected chi connectivity index (χ2v) is 7.75. The summed E-state index contributed by atoms with van der Waals surface area (Å²) in [6.07, 6.45) is 4.22. The third-order valence-corrected chi connectivity index (χ3v) is 5.73. The summed E-state index contributed by atoms with van der Waals surface area (Å²) < 4.78 is 6.78. The molecule has 0 fully saturated rings. The molecule has 8 nitrogen and oxygen atoms in total. The van der Waals surface area contributed by atoms with Crippen LogP contribution >= 0.6 is 0 Å². The van der Waals surface area contributed by atoms with E-state index in [-0.39, 0.29) is 17.4 Å². The number of hydrogen-bond acceptors (Lipinski definition) is 5. The van der Waals surface area contributed by atoms with E-state index in [1.54, 1.807) is 26.0 Å². The lowest BCUT2D eigenvalue weighted by molar-refractivity contribution is -0.143. The second-order valence-electron chi connectivity index (χ2n) is 7.75. The molecule has 1 unspecified atom stereocenters. The molecule has 1 aliphatic heterocycles. The van der Waals surface area contributed by atoms with Gasteiger partial charge in [-0.15, -0.1) is 0 Å². The first-order chi connectivity index (χ1) is 15.8. The van der Waals surface area contributed by atoms with Gasteiger partial charge < -0.3 is 14.4 Å². The number of amides is 1. The third kappa shape index (κ3) is 4.03. The highest BCUT2D eigenvalue weighted by atomic mass is 16.5. The molecule has 1 aliphatic rings. The molecule has 33 heavy (non-hydrogen) atoms. The van der Waals surface area contributed by atoms with Crippen molar-refractivity contribution >= 4 is 40.1 Å². The Bertz CT molecular complexity index is 1320. The van der Waals surface area contributed by atoms with Gasteiger partial charge in [0.2, 0.25) is 0 Å². The minimum atomic E-state index is -1.03. The van der Waals surface area contributed by atoms with Crippen LogP contribution in [0.25, 0.3) is 10.9 Å². The number of aromatic nitrogens is 1. The summed E-state index contributed by atoms with van der Waals surface area (Å²) in [5.74, 6) is -1.64. The number of carboxylic acids is 1. The fourth-order valence-electron chi connectivity index (χ4n) is 3.93. The number of carbonyl (C=O) groups is 3. The first-order valence-corrected chi connectivity index (χ1v) is 10.4. The van der Waals surface area contributed by atoms with Crippen LogP contribution in [0.4, 0.5) is 5.69 Å². The van der Waals surface area contributed by atoms with E-state index in [1.807, 2.05) is 41.1 Å². The van der Waals surface area contributed by atoms with E-state index in [2.05, 4.69) is 5.10 Å². The number of benzene rings is 2. The van der Waals surface area contributed by atoms with Crippen molar-refractivity contribution in [3.8, 4) is 0 Å². The number of hydrazone groups is 1. The summed E-state index contributed by atoms with van der Waals surface area (Å²) in [5.41, 5.74) is 3.57. The van der Waals surface area contributed by atoms with Gasteiger partial charge in [0, 0.05) is 17.1 Å². The highest BCUT2D eigenvalue weighted by Gasteiger charge is 2.29. The number of nitrogens with zero attached hydrogens (tertiary/aromatic N) is 3. The summed E-state index contributed by atoms with van der Waals surface area (Å²) >= 11 is 0.